The summed E-state index contributed by atoms with van der Waals surface area (Å²) in [6, 6.07) is 14.5. The first-order chi connectivity index (χ1) is 13.0. The average Bonchev–Trinajstić information content (AvgIpc) is 3.07. The molecule has 9 heteroatoms. The first kappa shape index (κ1) is 17.1. The Bertz CT molecular complexity index is 1220. The second-order valence-electron chi connectivity index (χ2n) is 5.83. The van der Waals surface area contributed by atoms with Gasteiger partial charge in [0.25, 0.3) is 16.0 Å². The molecule has 0 radical (unpaired) electrons. The SMILES string of the molecule is O=S(=O)(Nc1ncn(Cc2cccc(F)c2)n1)c1cccc2cccnc12. The summed E-state index contributed by atoms with van der Waals surface area (Å²) in [7, 11) is -3.92. The molecular formula is C18H14FN5O2S. The van der Waals surface area contributed by atoms with Crippen LogP contribution in [0, 0.1) is 5.82 Å². The Hall–Kier alpha value is -3.33. The molecular weight excluding hydrogens is 369 g/mol. The Morgan fingerprint density at radius 1 is 1.04 bits per heavy atom. The van der Waals surface area contributed by atoms with E-state index in [9.17, 15) is 12.8 Å². The fraction of sp³-hybridized carbons (Fsp3) is 0.0556. The fourth-order valence-corrected chi connectivity index (χ4v) is 3.83. The van der Waals surface area contributed by atoms with Crippen LogP contribution in [0.15, 0.2) is 72.0 Å². The standard InChI is InChI=1S/C18H14FN5O2S/c19-15-7-1-4-13(10-15)11-24-12-21-18(22-24)23-27(25,26)16-8-2-5-14-6-3-9-20-17(14)16/h1-10,12H,11H2,(H,22,23). The lowest BCUT2D eigenvalue weighted by molar-refractivity contribution is 0.601. The van der Waals surface area contributed by atoms with Crippen LogP contribution in [0.3, 0.4) is 0 Å². The average molecular weight is 383 g/mol. The van der Waals surface area contributed by atoms with Crippen molar-refractivity contribution in [2.75, 3.05) is 4.72 Å². The van der Waals surface area contributed by atoms with Crippen LogP contribution in [0.4, 0.5) is 10.3 Å². The first-order valence-corrected chi connectivity index (χ1v) is 9.50. The molecule has 0 aliphatic carbocycles. The minimum atomic E-state index is -3.92. The monoisotopic (exact) mass is 383 g/mol. The second-order valence-corrected chi connectivity index (χ2v) is 7.48. The Morgan fingerprint density at radius 2 is 1.85 bits per heavy atom. The van der Waals surface area contributed by atoms with E-state index in [2.05, 4.69) is 19.8 Å². The van der Waals surface area contributed by atoms with E-state index in [1.165, 1.54) is 35.4 Å². The molecule has 0 saturated carbocycles. The molecule has 7 nitrogen and oxygen atoms in total. The first-order valence-electron chi connectivity index (χ1n) is 8.02. The highest BCUT2D eigenvalue weighted by molar-refractivity contribution is 7.93. The zero-order valence-corrected chi connectivity index (χ0v) is 14.8. The molecule has 27 heavy (non-hydrogen) atoms. The van der Waals surface area contributed by atoms with Crippen molar-refractivity contribution in [2.45, 2.75) is 11.4 Å². The number of anilines is 1. The molecule has 4 rings (SSSR count). The fourth-order valence-electron chi connectivity index (χ4n) is 2.71. The summed E-state index contributed by atoms with van der Waals surface area (Å²) in [5.74, 6) is -0.420. The minimum absolute atomic E-state index is 0.0436. The van der Waals surface area contributed by atoms with E-state index in [1.807, 2.05) is 0 Å². The van der Waals surface area contributed by atoms with Crippen molar-refractivity contribution in [3.63, 3.8) is 0 Å². The number of halogens is 1. The third-order valence-corrected chi connectivity index (χ3v) is 5.24. The van der Waals surface area contributed by atoms with Gasteiger partial charge in [-0.1, -0.05) is 30.3 Å². The van der Waals surface area contributed by atoms with E-state index >= 15 is 0 Å². The van der Waals surface area contributed by atoms with Crippen molar-refractivity contribution in [1.29, 1.82) is 0 Å². The van der Waals surface area contributed by atoms with E-state index in [4.69, 9.17) is 0 Å². The number of hydrogen-bond donors (Lipinski definition) is 1. The van der Waals surface area contributed by atoms with Crippen LogP contribution < -0.4 is 4.72 Å². The van der Waals surface area contributed by atoms with Crippen molar-refractivity contribution < 1.29 is 12.8 Å². The van der Waals surface area contributed by atoms with Crippen LogP contribution in [0.1, 0.15) is 5.56 Å². The van der Waals surface area contributed by atoms with Gasteiger partial charge in [-0.2, -0.15) is 4.98 Å². The number of nitrogens with zero attached hydrogens (tertiary/aromatic N) is 4. The van der Waals surface area contributed by atoms with Crippen molar-refractivity contribution in [2.24, 2.45) is 0 Å². The molecule has 0 aliphatic heterocycles. The maximum atomic E-state index is 13.3. The third-order valence-electron chi connectivity index (χ3n) is 3.88. The van der Waals surface area contributed by atoms with Crippen LogP contribution in [0.2, 0.25) is 0 Å². The van der Waals surface area contributed by atoms with Gasteiger partial charge >= 0.3 is 0 Å². The highest BCUT2D eigenvalue weighted by atomic mass is 32.2. The Labute approximate surface area is 154 Å². The van der Waals surface area contributed by atoms with Gasteiger partial charge in [-0.15, -0.1) is 5.10 Å². The van der Waals surface area contributed by atoms with Crippen LogP contribution in [-0.4, -0.2) is 28.2 Å². The molecule has 4 aromatic rings. The Kier molecular flexibility index (Phi) is 4.28. The molecule has 0 amide bonds. The summed E-state index contributed by atoms with van der Waals surface area (Å²) in [6.45, 7) is 0.266. The van der Waals surface area contributed by atoms with Crippen LogP contribution in [0.5, 0.6) is 0 Å². The van der Waals surface area contributed by atoms with Gasteiger partial charge in [0.15, 0.2) is 0 Å². The summed E-state index contributed by atoms with van der Waals surface area (Å²) in [6.07, 6.45) is 2.91. The number of hydrogen-bond acceptors (Lipinski definition) is 5. The lowest BCUT2D eigenvalue weighted by Crippen LogP contribution is -2.15. The van der Waals surface area contributed by atoms with Gasteiger partial charge in [0, 0.05) is 11.6 Å². The molecule has 0 fully saturated rings. The van der Waals surface area contributed by atoms with Crippen LogP contribution >= 0.6 is 0 Å². The molecule has 1 N–H and O–H groups in total. The highest BCUT2D eigenvalue weighted by Gasteiger charge is 2.20. The zero-order chi connectivity index (χ0) is 18.9. The van der Waals surface area contributed by atoms with Crippen molar-refractivity contribution in [1.82, 2.24) is 19.7 Å². The van der Waals surface area contributed by atoms with Gasteiger partial charge < -0.3 is 0 Å². The van der Waals surface area contributed by atoms with E-state index in [1.54, 1.807) is 36.4 Å². The summed E-state index contributed by atoms with van der Waals surface area (Å²) in [4.78, 5) is 8.17. The van der Waals surface area contributed by atoms with Crippen LogP contribution in [0.25, 0.3) is 10.9 Å². The number of sulfonamides is 1. The number of aromatic nitrogens is 4. The molecule has 2 aromatic carbocycles. The van der Waals surface area contributed by atoms with E-state index in [-0.39, 0.29) is 23.2 Å². The number of nitrogens with one attached hydrogen (secondary N) is 1. The summed E-state index contributed by atoms with van der Waals surface area (Å²) in [5.41, 5.74) is 1.05. The van der Waals surface area contributed by atoms with Gasteiger partial charge in [-0.25, -0.2) is 22.2 Å². The molecule has 0 spiro atoms. The summed E-state index contributed by atoms with van der Waals surface area (Å²) in [5, 5.41) is 4.81. The number of para-hydroxylation sites is 1. The normalized spacial score (nSPS) is 11.6. The largest absolute Gasteiger partial charge is 0.266 e. The quantitative estimate of drug-likeness (QED) is 0.572. The second kappa shape index (κ2) is 6.76. The van der Waals surface area contributed by atoms with Gasteiger partial charge in [0.1, 0.15) is 17.0 Å². The van der Waals surface area contributed by atoms with Crippen LogP contribution in [-0.2, 0) is 16.6 Å². The number of fused-ring (bicyclic) bond motifs is 1. The van der Waals surface area contributed by atoms with Gasteiger partial charge in [0.05, 0.1) is 12.1 Å². The molecule has 0 unspecified atom stereocenters. The predicted molar refractivity (Wildman–Crippen MR) is 98.1 cm³/mol. The topological polar surface area (TPSA) is 89.8 Å². The smallest absolute Gasteiger partial charge is 0.255 e. The van der Waals surface area contributed by atoms with Gasteiger partial charge in [-0.3, -0.25) is 4.98 Å². The van der Waals surface area contributed by atoms with Crippen molar-refractivity contribution >= 4 is 26.9 Å². The lowest BCUT2D eigenvalue weighted by Gasteiger charge is -2.07. The maximum Gasteiger partial charge on any atom is 0.266 e. The van der Waals surface area contributed by atoms with E-state index in [0.717, 1.165) is 0 Å². The Balaban J connectivity index is 1.59. The number of rotatable bonds is 5. The zero-order valence-electron chi connectivity index (χ0n) is 13.9. The molecule has 2 aromatic heterocycles. The van der Waals surface area contributed by atoms with Gasteiger partial charge in [0.2, 0.25) is 0 Å². The predicted octanol–water partition coefficient (Wildman–Crippen LogP) is 2.81. The molecule has 0 bridgehead atoms. The molecule has 2 heterocycles. The summed E-state index contributed by atoms with van der Waals surface area (Å²) < 4.78 is 42.5. The molecule has 136 valence electrons. The Morgan fingerprint density at radius 3 is 2.70 bits per heavy atom. The van der Waals surface area contributed by atoms with Crippen molar-refractivity contribution in [3.8, 4) is 0 Å². The number of benzene rings is 2. The summed E-state index contributed by atoms with van der Waals surface area (Å²) >= 11 is 0. The molecule has 0 aliphatic rings. The highest BCUT2D eigenvalue weighted by Crippen LogP contribution is 2.22. The third kappa shape index (κ3) is 3.63. The van der Waals surface area contributed by atoms with Crippen molar-refractivity contribution in [3.05, 3.63) is 78.5 Å². The van der Waals surface area contributed by atoms with Gasteiger partial charge in [-0.05, 0) is 29.8 Å². The molecule has 0 saturated heterocycles. The van der Waals surface area contributed by atoms with E-state index < -0.39 is 10.0 Å². The minimum Gasteiger partial charge on any atom is -0.255 e. The molecule has 0 atom stereocenters. The lowest BCUT2D eigenvalue weighted by atomic mass is 10.2. The maximum absolute atomic E-state index is 13.3. The van der Waals surface area contributed by atoms with E-state index in [0.29, 0.717) is 16.5 Å². The number of pyridine rings is 1.